The lowest BCUT2D eigenvalue weighted by molar-refractivity contribution is -0.135. The van der Waals surface area contributed by atoms with Crippen molar-refractivity contribution < 1.29 is 14.7 Å². The fourth-order valence-electron chi connectivity index (χ4n) is 1.12. The summed E-state index contributed by atoms with van der Waals surface area (Å²) in [5, 5.41) is 10.8. The van der Waals surface area contributed by atoms with E-state index in [1.165, 1.54) is 0 Å². The summed E-state index contributed by atoms with van der Waals surface area (Å²) in [4.78, 5) is 20.8. The number of aliphatic carboxylic acids is 1. The first-order valence-electron chi connectivity index (χ1n) is 4.63. The number of carboxylic acids is 1. The average molecular weight is 220 g/mol. The maximum Gasteiger partial charge on any atom is 0.316 e. The molecule has 1 rings (SSSR count). The first-order chi connectivity index (χ1) is 7.58. The van der Waals surface area contributed by atoms with Gasteiger partial charge in [-0.05, 0) is 17.7 Å². The predicted molar refractivity (Wildman–Crippen MR) is 60.9 cm³/mol. The van der Waals surface area contributed by atoms with E-state index < -0.39 is 12.0 Å². The second-order valence-electron chi connectivity index (χ2n) is 3.11. The number of carbonyl (C=O) groups is 2. The van der Waals surface area contributed by atoms with Crippen LogP contribution < -0.4 is 11.1 Å². The smallest absolute Gasteiger partial charge is 0.316 e. The summed E-state index contributed by atoms with van der Waals surface area (Å²) < 4.78 is 0. The van der Waals surface area contributed by atoms with Crippen LogP contribution in [0.4, 0.5) is 10.5 Å². The van der Waals surface area contributed by atoms with Crippen molar-refractivity contribution in [2.45, 2.75) is 6.42 Å². The molecule has 0 aliphatic carbocycles. The molecule has 84 valence electrons. The molecule has 0 fully saturated rings. The molecular formula is C11H12N2O3. The molecule has 0 aromatic heterocycles. The van der Waals surface area contributed by atoms with Gasteiger partial charge in [-0.2, -0.15) is 0 Å². The Kier molecular flexibility index (Phi) is 4.08. The Morgan fingerprint density at radius 2 is 1.94 bits per heavy atom. The second-order valence-corrected chi connectivity index (χ2v) is 3.11. The molecule has 0 saturated carbocycles. The van der Waals surface area contributed by atoms with Gasteiger partial charge in [-0.25, -0.2) is 4.79 Å². The van der Waals surface area contributed by atoms with Crippen molar-refractivity contribution in [1.29, 1.82) is 0 Å². The van der Waals surface area contributed by atoms with Crippen LogP contribution in [0.1, 0.15) is 12.0 Å². The SMILES string of the molecule is NC(=O)Nc1ccc(C=CCC(=O)O)cc1. The Bertz CT molecular complexity index is 410. The standard InChI is InChI=1S/C11H12N2O3/c12-11(16)13-9-6-4-8(5-7-9)2-1-3-10(14)15/h1-2,4-7H,3H2,(H,14,15)(H3,12,13,16). The van der Waals surface area contributed by atoms with Gasteiger partial charge in [0.1, 0.15) is 0 Å². The molecule has 1 aromatic rings. The van der Waals surface area contributed by atoms with E-state index >= 15 is 0 Å². The molecule has 5 heteroatoms. The van der Waals surface area contributed by atoms with Crippen molar-refractivity contribution in [3.8, 4) is 0 Å². The molecular weight excluding hydrogens is 208 g/mol. The Labute approximate surface area is 92.6 Å². The highest BCUT2D eigenvalue weighted by atomic mass is 16.4. The van der Waals surface area contributed by atoms with Crippen molar-refractivity contribution in [1.82, 2.24) is 0 Å². The number of urea groups is 1. The highest BCUT2D eigenvalue weighted by molar-refractivity contribution is 5.87. The fourth-order valence-corrected chi connectivity index (χ4v) is 1.12. The van der Waals surface area contributed by atoms with Crippen molar-refractivity contribution in [2.75, 3.05) is 5.32 Å². The van der Waals surface area contributed by atoms with E-state index in [1.54, 1.807) is 36.4 Å². The number of rotatable bonds is 4. The summed E-state index contributed by atoms with van der Waals surface area (Å²) in [5.41, 5.74) is 6.40. The molecule has 0 spiro atoms. The summed E-state index contributed by atoms with van der Waals surface area (Å²) >= 11 is 0. The lowest BCUT2D eigenvalue weighted by Crippen LogP contribution is -2.19. The monoisotopic (exact) mass is 220 g/mol. The largest absolute Gasteiger partial charge is 0.481 e. The Morgan fingerprint density at radius 1 is 1.31 bits per heavy atom. The molecule has 0 aliphatic heterocycles. The minimum Gasteiger partial charge on any atom is -0.481 e. The molecule has 4 N–H and O–H groups in total. The average Bonchev–Trinajstić information content (AvgIpc) is 2.19. The molecule has 0 aliphatic rings. The molecule has 0 bridgehead atoms. The highest BCUT2D eigenvalue weighted by Crippen LogP contribution is 2.10. The van der Waals surface area contributed by atoms with E-state index in [0.717, 1.165) is 5.56 Å². The van der Waals surface area contributed by atoms with Crippen LogP contribution >= 0.6 is 0 Å². The van der Waals surface area contributed by atoms with Gasteiger partial charge in [-0.1, -0.05) is 24.3 Å². The molecule has 0 saturated heterocycles. The topological polar surface area (TPSA) is 92.4 Å². The van der Waals surface area contributed by atoms with Gasteiger partial charge in [-0.15, -0.1) is 0 Å². The molecule has 0 unspecified atom stereocenters. The molecule has 5 nitrogen and oxygen atoms in total. The molecule has 2 amide bonds. The van der Waals surface area contributed by atoms with Crippen LogP contribution in [0.3, 0.4) is 0 Å². The number of carboxylic acid groups (broad SMARTS) is 1. The third-order valence-corrected chi connectivity index (χ3v) is 1.78. The maximum absolute atomic E-state index is 10.5. The minimum atomic E-state index is -0.872. The van der Waals surface area contributed by atoms with Crippen LogP contribution in [-0.2, 0) is 4.79 Å². The van der Waals surface area contributed by atoms with Gasteiger partial charge in [0.05, 0.1) is 6.42 Å². The predicted octanol–water partition coefficient (Wildman–Crippen LogP) is 1.67. The number of carbonyl (C=O) groups excluding carboxylic acids is 1. The van der Waals surface area contributed by atoms with Crippen molar-refractivity contribution >= 4 is 23.8 Å². The molecule has 0 atom stereocenters. The van der Waals surface area contributed by atoms with E-state index in [1.807, 2.05) is 0 Å². The first kappa shape index (κ1) is 11.8. The third kappa shape index (κ3) is 4.28. The number of amides is 2. The van der Waals surface area contributed by atoms with E-state index in [2.05, 4.69) is 5.32 Å². The zero-order valence-electron chi connectivity index (χ0n) is 8.51. The lowest BCUT2D eigenvalue weighted by Gasteiger charge is -2.01. The Balaban J connectivity index is 2.60. The number of hydrogen-bond acceptors (Lipinski definition) is 2. The zero-order chi connectivity index (χ0) is 12.0. The van der Waals surface area contributed by atoms with Gasteiger partial charge >= 0.3 is 12.0 Å². The quantitative estimate of drug-likeness (QED) is 0.720. The van der Waals surface area contributed by atoms with Crippen molar-refractivity contribution in [3.63, 3.8) is 0 Å². The van der Waals surface area contributed by atoms with Crippen molar-refractivity contribution in [3.05, 3.63) is 35.9 Å². The van der Waals surface area contributed by atoms with Gasteiger partial charge in [0.15, 0.2) is 0 Å². The Hall–Kier alpha value is -2.30. The molecule has 1 aromatic carbocycles. The summed E-state index contributed by atoms with van der Waals surface area (Å²) in [6.45, 7) is 0. The zero-order valence-corrected chi connectivity index (χ0v) is 8.51. The number of primary amides is 1. The van der Waals surface area contributed by atoms with Crippen LogP contribution in [0.25, 0.3) is 6.08 Å². The minimum absolute atomic E-state index is 0.0126. The number of nitrogens with one attached hydrogen (secondary N) is 1. The van der Waals surface area contributed by atoms with Gasteiger partial charge in [0.25, 0.3) is 0 Å². The summed E-state index contributed by atoms with van der Waals surface area (Å²) in [5.74, 6) is -0.872. The van der Waals surface area contributed by atoms with Crippen LogP contribution in [-0.4, -0.2) is 17.1 Å². The van der Waals surface area contributed by atoms with Crippen LogP contribution in [0.2, 0.25) is 0 Å². The van der Waals surface area contributed by atoms with Gasteiger partial charge < -0.3 is 16.2 Å². The molecule has 0 heterocycles. The van der Waals surface area contributed by atoms with Crippen LogP contribution in [0, 0.1) is 0 Å². The number of hydrogen-bond donors (Lipinski definition) is 3. The van der Waals surface area contributed by atoms with Crippen LogP contribution in [0.5, 0.6) is 0 Å². The number of nitrogens with two attached hydrogens (primary N) is 1. The normalized spacial score (nSPS) is 10.2. The van der Waals surface area contributed by atoms with Gasteiger partial charge in [0, 0.05) is 5.69 Å². The lowest BCUT2D eigenvalue weighted by atomic mass is 10.2. The van der Waals surface area contributed by atoms with Gasteiger partial charge in [0.2, 0.25) is 0 Å². The number of anilines is 1. The number of benzene rings is 1. The Morgan fingerprint density at radius 3 is 2.44 bits per heavy atom. The fraction of sp³-hybridized carbons (Fsp3) is 0.0909. The van der Waals surface area contributed by atoms with E-state index in [-0.39, 0.29) is 6.42 Å². The first-order valence-corrected chi connectivity index (χ1v) is 4.63. The van der Waals surface area contributed by atoms with Gasteiger partial charge in [-0.3, -0.25) is 4.79 Å². The molecule has 0 radical (unpaired) electrons. The summed E-state index contributed by atoms with van der Waals surface area (Å²) in [7, 11) is 0. The molecule has 16 heavy (non-hydrogen) atoms. The van der Waals surface area contributed by atoms with Crippen LogP contribution in [0.15, 0.2) is 30.3 Å². The summed E-state index contributed by atoms with van der Waals surface area (Å²) in [6.07, 6.45) is 3.24. The second kappa shape index (κ2) is 5.55. The van der Waals surface area contributed by atoms with Crippen molar-refractivity contribution in [2.24, 2.45) is 5.73 Å². The maximum atomic E-state index is 10.5. The van der Waals surface area contributed by atoms with E-state index in [4.69, 9.17) is 10.8 Å². The highest BCUT2D eigenvalue weighted by Gasteiger charge is 1.95. The van der Waals surface area contributed by atoms with E-state index in [0.29, 0.717) is 5.69 Å². The van der Waals surface area contributed by atoms with E-state index in [9.17, 15) is 9.59 Å². The third-order valence-electron chi connectivity index (χ3n) is 1.78. The summed E-state index contributed by atoms with van der Waals surface area (Å²) in [6, 6.07) is 6.26.